The quantitative estimate of drug-likeness (QED) is 0.436. The first-order chi connectivity index (χ1) is 18.6. The number of nitrogens with one attached hydrogen (secondary N) is 2. The van der Waals surface area contributed by atoms with Crippen LogP contribution in [0.15, 0.2) is 42.5 Å². The molecule has 1 aromatic heterocycles. The second-order valence-corrected chi connectivity index (χ2v) is 10.9. The SMILES string of the molecule is Cc1c(C(=O)NCc2ccc3c(c2)CN(C2CCC(=O)NC2=O)C3=O)nn(CC(C)C)c1-c1ccc(Cl)cc1. The van der Waals surface area contributed by atoms with Crippen molar-refractivity contribution in [3.05, 3.63) is 75.4 Å². The van der Waals surface area contributed by atoms with E-state index in [1.165, 1.54) is 4.90 Å². The van der Waals surface area contributed by atoms with Crippen molar-refractivity contribution in [3.8, 4) is 11.3 Å². The van der Waals surface area contributed by atoms with E-state index in [9.17, 15) is 19.2 Å². The number of halogens is 1. The topological polar surface area (TPSA) is 113 Å². The molecule has 2 aromatic carbocycles. The molecule has 0 bridgehead atoms. The van der Waals surface area contributed by atoms with E-state index in [4.69, 9.17) is 11.6 Å². The Bertz CT molecular complexity index is 1480. The second-order valence-electron chi connectivity index (χ2n) is 10.5. The molecule has 2 N–H and O–H groups in total. The molecule has 0 radical (unpaired) electrons. The van der Waals surface area contributed by atoms with Crippen LogP contribution in [-0.2, 0) is 29.2 Å². The molecule has 3 aromatic rings. The highest BCUT2D eigenvalue weighted by Gasteiger charge is 2.39. The summed E-state index contributed by atoms with van der Waals surface area (Å²) in [4.78, 5) is 51.5. The summed E-state index contributed by atoms with van der Waals surface area (Å²) in [7, 11) is 0. The lowest BCUT2D eigenvalue weighted by Crippen LogP contribution is -2.52. The zero-order chi connectivity index (χ0) is 27.8. The fourth-order valence-electron chi connectivity index (χ4n) is 5.22. The van der Waals surface area contributed by atoms with Crippen molar-refractivity contribution in [2.24, 2.45) is 5.92 Å². The lowest BCUT2D eigenvalue weighted by atomic mass is 10.0. The average molecular weight is 548 g/mol. The van der Waals surface area contributed by atoms with Gasteiger partial charge in [-0.3, -0.25) is 29.2 Å². The second kappa shape index (κ2) is 10.6. The van der Waals surface area contributed by atoms with Crippen molar-refractivity contribution in [2.75, 3.05) is 0 Å². The fourth-order valence-corrected chi connectivity index (χ4v) is 5.35. The number of aromatic nitrogens is 2. The van der Waals surface area contributed by atoms with Gasteiger partial charge in [0.05, 0.1) is 5.69 Å². The number of carbonyl (C=O) groups excluding carboxylic acids is 4. The molecule has 202 valence electrons. The van der Waals surface area contributed by atoms with Crippen LogP contribution in [0.2, 0.25) is 5.02 Å². The van der Waals surface area contributed by atoms with Crippen molar-refractivity contribution < 1.29 is 19.2 Å². The predicted octanol–water partition coefficient (Wildman–Crippen LogP) is 3.86. The first kappa shape index (κ1) is 26.6. The molecule has 1 fully saturated rings. The van der Waals surface area contributed by atoms with Gasteiger partial charge >= 0.3 is 0 Å². The zero-order valence-corrected chi connectivity index (χ0v) is 22.8. The van der Waals surface area contributed by atoms with Gasteiger partial charge in [-0.1, -0.05) is 49.7 Å². The van der Waals surface area contributed by atoms with Gasteiger partial charge in [-0.05, 0) is 48.6 Å². The zero-order valence-electron chi connectivity index (χ0n) is 22.1. The summed E-state index contributed by atoms with van der Waals surface area (Å²) in [6.07, 6.45) is 0.522. The fraction of sp³-hybridized carbons (Fsp3) is 0.345. The Morgan fingerprint density at radius 3 is 2.59 bits per heavy atom. The lowest BCUT2D eigenvalue weighted by molar-refractivity contribution is -0.136. The molecule has 39 heavy (non-hydrogen) atoms. The van der Waals surface area contributed by atoms with Crippen LogP contribution in [0.3, 0.4) is 0 Å². The van der Waals surface area contributed by atoms with E-state index in [-0.39, 0.29) is 37.2 Å². The molecule has 0 spiro atoms. The van der Waals surface area contributed by atoms with Gasteiger partial charge in [0.25, 0.3) is 11.8 Å². The number of piperidine rings is 1. The highest BCUT2D eigenvalue weighted by atomic mass is 35.5. The van der Waals surface area contributed by atoms with Crippen LogP contribution in [-0.4, -0.2) is 44.4 Å². The summed E-state index contributed by atoms with van der Waals surface area (Å²) < 4.78 is 1.88. The molecule has 10 heteroatoms. The molecule has 1 saturated heterocycles. The molecule has 0 saturated carbocycles. The third kappa shape index (κ3) is 5.31. The Morgan fingerprint density at radius 1 is 1.15 bits per heavy atom. The largest absolute Gasteiger partial charge is 0.347 e. The van der Waals surface area contributed by atoms with Gasteiger partial charge in [-0.25, -0.2) is 0 Å². The molecule has 3 heterocycles. The number of hydrogen-bond acceptors (Lipinski definition) is 5. The Kier molecular flexibility index (Phi) is 7.27. The van der Waals surface area contributed by atoms with E-state index in [2.05, 4.69) is 29.6 Å². The van der Waals surface area contributed by atoms with Gasteiger partial charge in [0.2, 0.25) is 11.8 Å². The first-order valence-corrected chi connectivity index (χ1v) is 13.4. The van der Waals surface area contributed by atoms with Crippen LogP contribution in [0, 0.1) is 12.8 Å². The third-order valence-corrected chi connectivity index (χ3v) is 7.35. The number of amides is 4. The Hall–Kier alpha value is -3.98. The average Bonchev–Trinajstić information content (AvgIpc) is 3.38. The number of fused-ring (bicyclic) bond motifs is 1. The molecule has 0 aliphatic carbocycles. The normalized spacial score (nSPS) is 17.0. The van der Waals surface area contributed by atoms with E-state index in [1.807, 2.05) is 41.9 Å². The van der Waals surface area contributed by atoms with E-state index in [0.29, 0.717) is 35.2 Å². The van der Waals surface area contributed by atoms with Crippen molar-refractivity contribution in [1.82, 2.24) is 25.3 Å². The predicted molar refractivity (Wildman–Crippen MR) is 146 cm³/mol. The number of carbonyl (C=O) groups is 4. The van der Waals surface area contributed by atoms with Crippen molar-refractivity contribution in [3.63, 3.8) is 0 Å². The van der Waals surface area contributed by atoms with Gasteiger partial charge < -0.3 is 10.2 Å². The minimum absolute atomic E-state index is 0.208. The monoisotopic (exact) mass is 547 g/mol. The Morgan fingerprint density at radius 2 is 1.90 bits per heavy atom. The molecule has 4 amide bonds. The highest BCUT2D eigenvalue weighted by Crippen LogP contribution is 2.30. The van der Waals surface area contributed by atoms with E-state index in [1.54, 1.807) is 12.1 Å². The van der Waals surface area contributed by atoms with Crippen LogP contribution in [0.4, 0.5) is 0 Å². The number of benzene rings is 2. The summed E-state index contributed by atoms with van der Waals surface area (Å²) in [5, 5.41) is 10.6. The maximum absolute atomic E-state index is 13.2. The number of rotatable bonds is 7. The summed E-state index contributed by atoms with van der Waals surface area (Å²) in [5.74, 6) is -0.934. The van der Waals surface area contributed by atoms with Gasteiger partial charge in [0.15, 0.2) is 5.69 Å². The summed E-state index contributed by atoms with van der Waals surface area (Å²) in [6, 6.07) is 12.2. The van der Waals surface area contributed by atoms with Crippen LogP contribution < -0.4 is 10.6 Å². The molecular weight excluding hydrogens is 518 g/mol. The number of nitrogens with zero attached hydrogens (tertiary/aromatic N) is 3. The summed E-state index contributed by atoms with van der Waals surface area (Å²) in [5.41, 5.74) is 5.13. The van der Waals surface area contributed by atoms with Crippen LogP contribution >= 0.6 is 11.6 Å². The Balaban J connectivity index is 1.31. The first-order valence-electron chi connectivity index (χ1n) is 13.0. The third-order valence-electron chi connectivity index (χ3n) is 7.10. The van der Waals surface area contributed by atoms with E-state index >= 15 is 0 Å². The minimum Gasteiger partial charge on any atom is -0.347 e. The van der Waals surface area contributed by atoms with Crippen LogP contribution in [0.1, 0.15) is 64.2 Å². The molecule has 2 aliphatic heterocycles. The van der Waals surface area contributed by atoms with Gasteiger partial charge in [0.1, 0.15) is 6.04 Å². The van der Waals surface area contributed by atoms with Crippen molar-refractivity contribution in [2.45, 2.75) is 59.3 Å². The highest BCUT2D eigenvalue weighted by molar-refractivity contribution is 6.30. The Labute approximate surface area is 231 Å². The van der Waals surface area contributed by atoms with Crippen molar-refractivity contribution >= 4 is 35.2 Å². The standard InChI is InChI=1S/C29H30ClN5O4/c1-16(2)14-35-26(19-5-7-21(30)8-6-19)17(3)25(33-35)28(38)31-13-18-4-9-22-20(12-18)15-34(29(22)39)23-10-11-24(36)32-27(23)37/h4-9,12,16,23H,10-11,13-15H2,1-3H3,(H,31,38)(H,32,36,37). The van der Waals surface area contributed by atoms with E-state index in [0.717, 1.165) is 27.9 Å². The molecule has 2 aliphatic rings. The van der Waals surface area contributed by atoms with Gasteiger partial charge in [-0.15, -0.1) is 0 Å². The summed E-state index contributed by atoms with van der Waals surface area (Å²) in [6.45, 7) is 7.30. The maximum Gasteiger partial charge on any atom is 0.272 e. The van der Waals surface area contributed by atoms with Gasteiger partial charge in [0, 0.05) is 47.8 Å². The molecular formula is C29H30ClN5O4. The van der Waals surface area contributed by atoms with Gasteiger partial charge in [-0.2, -0.15) is 5.10 Å². The maximum atomic E-state index is 13.2. The lowest BCUT2D eigenvalue weighted by Gasteiger charge is -2.29. The number of imide groups is 1. The minimum atomic E-state index is -0.662. The molecule has 5 rings (SSSR count). The molecule has 1 unspecified atom stereocenters. The van der Waals surface area contributed by atoms with Crippen LogP contribution in [0.25, 0.3) is 11.3 Å². The van der Waals surface area contributed by atoms with E-state index < -0.39 is 11.9 Å². The molecule has 9 nitrogen and oxygen atoms in total. The smallest absolute Gasteiger partial charge is 0.272 e. The number of hydrogen-bond donors (Lipinski definition) is 2. The van der Waals surface area contributed by atoms with Crippen LogP contribution in [0.5, 0.6) is 0 Å². The summed E-state index contributed by atoms with van der Waals surface area (Å²) >= 11 is 6.08. The molecule has 1 atom stereocenters. The van der Waals surface area contributed by atoms with Crippen molar-refractivity contribution in [1.29, 1.82) is 0 Å².